The molecule has 1 saturated heterocycles. The zero-order chi connectivity index (χ0) is 15.7. The number of carbonyl (C=O) groups is 1. The normalized spacial score (nSPS) is 47.9. The van der Waals surface area contributed by atoms with E-state index in [4.69, 9.17) is 9.47 Å². The van der Waals surface area contributed by atoms with Crippen LogP contribution in [0.5, 0.6) is 0 Å². The summed E-state index contributed by atoms with van der Waals surface area (Å²) >= 11 is 0. The third kappa shape index (κ3) is 1.87. The van der Waals surface area contributed by atoms with Crippen molar-refractivity contribution in [3.63, 3.8) is 0 Å². The van der Waals surface area contributed by atoms with Crippen molar-refractivity contribution in [1.29, 1.82) is 0 Å². The number of ketones is 1. The SMILES string of the molecule is C[C@]12CC[C@H]3[C@@H](CCC4=CC(=O)CC[C@@H]43)[C@@H]1CCC21OCCO1. The molecule has 3 nitrogen and oxygen atoms in total. The van der Waals surface area contributed by atoms with Crippen molar-refractivity contribution >= 4 is 5.78 Å². The van der Waals surface area contributed by atoms with E-state index in [9.17, 15) is 4.79 Å². The van der Waals surface area contributed by atoms with Gasteiger partial charge in [-0.3, -0.25) is 4.79 Å². The molecule has 4 aliphatic carbocycles. The van der Waals surface area contributed by atoms with Gasteiger partial charge >= 0.3 is 0 Å². The molecular formula is C20H28O3. The van der Waals surface area contributed by atoms with Crippen LogP contribution in [0.2, 0.25) is 0 Å². The molecule has 0 bridgehead atoms. The Balaban J connectivity index is 1.46. The summed E-state index contributed by atoms with van der Waals surface area (Å²) in [6, 6.07) is 0. The van der Waals surface area contributed by atoms with E-state index < -0.39 is 0 Å². The zero-order valence-corrected chi connectivity index (χ0v) is 14.2. The van der Waals surface area contributed by atoms with Crippen LogP contribution in [0, 0.1) is 29.1 Å². The standard InChI is InChI=1S/C20H28O3/c1-19-8-6-16-15-5-3-14(21)12-13(15)2-4-17(16)18(19)7-9-20(19)22-10-11-23-20/h12,15-18H,2-11H2,1H3/t15-,16+,17+,18-,19-/m0/s1. The highest BCUT2D eigenvalue weighted by Crippen LogP contribution is 2.66. The first-order valence-electron chi connectivity index (χ1n) is 9.64. The first-order chi connectivity index (χ1) is 11.1. The molecule has 1 aliphatic heterocycles. The van der Waals surface area contributed by atoms with Gasteiger partial charge in [0.15, 0.2) is 11.6 Å². The highest BCUT2D eigenvalue weighted by molar-refractivity contribution is 5.91. The van der Waals surface area contributed by atoms with Crippen LogP contribution in [0.1, 0.15) is 58.3 Å². The average molecular weight is 316 g/mol. The van der Waals surface area contributed by atoms with Crippen LogP contribution >= 0.6 is 0 Å². The van der Waals surface area contributed by atoms with E-state index in [1.54, 1.807) is 0 Å². The summed E-state index contributed by atoms with van der Waals surface area (Å²) in [6.45, 7) is 3.99. The molecule has 5 aliphatic rings. The highest BCUT2D eigenvalue weighted by atomic mass is 16.7. The predicted molar refractivity (Wildman–Crippen MR) is 86.7 cm³/mol. The molecular weight excluding hydrogens is 288 g/mol. The Labute approximate surface area is 138 Å². The van der Waals surface area contributed by atoms with Gasteiger partial charge in [0, 0.05) is 18.3 Å². The first-order valence-corrected chi connectivity index (χ1v) is 9.64. The molecule has 0 N–H and O–H groups in total. The molecule has 0 aromatic heterocycles. The van der Waals surface area contributed by atoms with E-state index in [0.717, 1.165) is 56.7 Å². The lowest BCUT2D eigenvalue weighted by Crippen LogP contribution is -2.53. The Morgan fingerprint density at radius 3 is 2.65 bits per heavy atom. The van der Waals surface area contributed by atoms with Gasteiger partial charge in [-0.1, -0.05) is 12.5 Å². The van der Waals surface area contributed by atoms with Crippen molar-refractivity contribution in [2.75, 3.05) is 13.2 Å². The van der Waals surface area contributed by atoms with Crippen LogP contribution in [0.15, 0.2) is 11.6 Å². The Bertz CT molecular complexity index is 559. The number of fused-ring (bicyclic) bond motifs is 6. The van der Waals surface area contributed by atoms with Gasteiger partial charge in [0.25, 0.3) is 0 Å². The Kier molecular flexibility index (Phi) is 3.13. The fraction of sp³-hybridized carbons (Fsp3) is 0.850. The summed E-state index contributed by atoms with van der Waals surface area (Å²) in [5, 5.41) is 0. The minimum Gasteiger partial charge on any atom is -0.347 e. The Morgan fingerprint density at radius 1 is 1.00 bits per heavy atom. The van der Waals surface area contributed by atoms with E-state index in [0.29, 0.717) is 11.7 Å². The van der Waals surface area contributed by atoms with Crippen molar-refractivity contribution in [2.45, 2.75) is 64.1 Å². The summed E-state index contributed by atoms with van der Waals surface area (Å²) in [4.78, 5) is 11.8. The van der Waals surface area contributed by atoms with E-state index in [1.807, 2.05) is 6.08 Å². The highest BCUT2D eigenvalue weighted by Gasteiger charge is 2.65. The molecule has 23 heavy (non-hydrogen) atoms. The van der Waals surface area contributed by atoms with Crippen molar-refractivity contribution in [1.82, 2.24) is 0 Å². The largest absolute Gasteiger partial charge is 0.347 e. The van der Waals surface area contributed by atoms with E-state index in [-0.39, 0.29) is 11.2 Å². The molecule has 1 spiro atoms. The van der Waals surface area contributed by atoms with Crippen LogP contribution in [0.25, 0.3) is 0 Å². The molecule has 3 saturated carbocycles. The second-order valence-corrected chi connectivity index (χ2v) is 8.75. The van der Waals surface area contributed by atoms with Gasteiger partial charge in [0.1, 0.15) is 0 Å². The molecule has 0 aromatic rings. The summed E-state index contributed by atoms with van der Waals surface area (Å²) < 4.78 is 12.4. The Morgan fingerprint density at radius 2 is 1.83 bits per heavy atom. The van der Waals surface area contributed by atoms with Gasteiger partial charge in [0.2, 0.25) is 0 Å². The number of hydrogen-bond acceptors (Lipinski definition) is 3. The minimum atomic E-state index is -0.277. The van der Waals surface area contributed by atoms with Crippen LogP contribution in [0.3, 0.4) is 0 Å². The minimum absolute atomic E-state index is 0.205. The van der Waals surface area contributed by atoms with Gasteiger partial charge in [-0.2, -0.15) is 0 Å². The summed E-state index contributed by atoms with van der Waals surface area (Å²) in [5.41, 5.74) is 1.68. The molecule has 4 fully saturated rings. The maximum Gasteiger partial charge on any atom is 0.174 e. The van der Waals surface area contributed by atoms with E-state index >= 15 is 0 Å². The molecule has 0 aromatic carbocycles. The second kappa shape index (κ2) is 4.92. The van der Waals surface area contributed by atoms with Crippen LogP contribution in [0.4, 0.5) is 0 Å². The fourth-order valence-corrected chi connectivity index (χ4v) is 7.07. The first kappa shape index (κ1) is 14.7. The number of rotatable bonds is 0. The number of hydrogen-bond donors (Lipinski definition) is 0. The smallest absolute Gasteiger partial charge is 0.174 e. The summed E-state index contributed by atoms with van der Waals surface area (Å²) in [5.74, 6) is 3.15. The van der Waals surface area contributed by atoms with E-state index in [1.165, 1.54) is 31.3 Å². The van der Waals surface area contributed by atoms with Crippen molar-refractivity contribution in [3.8, 4) is 0 Å². The zero-order valence-electron chi connectivity index (χ0n) is 14.2. The lowest BCUT2D eigenvalue weighted by atomic mass is 9.51. The quantitative estimate of drug-likeness (QED) is 0.680. The van der Waals surface area contributed by atoms with Crippen LogP contribution < -0.4 is 0 Å². The number of ether oxygens (including phenoxy) is 2. The summed E-state index contributed by atoms with van der Waals surface area (Å²) in [7, 11) is 0. The van der Waals surface area contributed by atoms with Gasteiger partial charge in [0.05, 0.1) is 13.2 Å². The molecule has 3 heteroatoms. The number of allylic oxidation sites excluding steroid dienone is 1. The maximum atomic E-state index is 11.8. The lowest BCUT2D eigenvalue weighted by molar-refractivity contribution is -0.240. The van der Waals surface area contributed by atoms with Gasteiger partial charge in [-0.15, -0.1) is 0 Å². The van der Waals surface area contributed by atoms with Crippen LogP contribution in [-0.4, -0.2) is 24.8 Å². The monoisotopic (exact) mass is 316 g/mol. The molecule has 0 unspecified atom stereocenters. The maximum absolute atomic E-state index is 11.8. The predicted octanol–water partition coefficient (Wildman–Crippen LogP) is 3.87. The average Bonchev–Trinajstić information content (AvgIpc) is 3.14. The second-order valence-electron chi connectivity index (χ2n) is 8.75. The third-order valence-corrected chi connectivity index (χ3v) is 8.10. The number of carbonyl (C=O) groups excluding carboxylic acids is 1. The van der Waals surface area contributed by atoms with Crippen molar-refractivity contribution in [3.05, 3.63) is 11.6 Å². The lowest BCUT2D eigenvalue weighted by Gasteiger charge is -2.55. The van der Waals surface area contributed by atoms with Gasteiger partial charge in [-0.05, 0) is 68.3 Å². The molecule has 1 heterocycles. The molecule has 0 amide bonds. The molecule has 5 rings (SSSR count). The fourth-order valence-electron chi connectivity index (χ4n) is 7.07. The third-order valence-electron chi connectivity index (χ3n) is 8.10. The van der Waals surface area contributed by atoms with Crippen molar-refractivity contribution in [2.24, 2.45) is 29.1 Å². The molecule has 5 atom stereocenters. The van der Waals surface area contributed by atoms with Crippen LogP contribution in [-0.2, 0) is 14.3 Å². The Hall–Kier alpha value is -0.670. The van der Waals surface area contributed by atoms with Gasteiger partial charge < -0.3 is 9.47 Å². The van der Waals surface area contributed by atoms with E-state index in [2.05, 4.69) is 6.92 Å². The van der Waals surface area contributed by atoms with Gasteiger partial charge in [-0.25, -0.2) is 0 Å². The summed E-state index contributed by atoms with van der Waals surface area (Å²) in [6.07, 6.45) is 11.2. The molecule has 0 radical (unpaired) electrons. The van der Waals surface area contributed by atoms with Crippen molar-refractivity contribution < 1.29 is 14.3 Å². The molecule has 126 valence electrons. The topological polar surface area (TPSA) is 35.5 Å².